The van der Waals surface area contributed by atoms with Gasteiger partial charge in [-0.3, -0.25) is 4.79 Å². The molecule has 4 heteroatoms. The molecular formula is C16H15BrFNO. The van der Waals surface area contributed by atoms with Gasteiger partial charge in [-0.05, 0) is 60.9 Å². The predicted molar refractivity (Wildman–Crippen MR) is 82.6 cm³/mol. The zero-order chi connectivity index (χ0) is 14.7. The van der Waals surface area contributed by atoms with Crippen molar-refractivity contribution in [3.05, 3.63) is 63.4 Å². The molecule has 2 rings (SSSR count). The lowest BCUT2D eigenvalue weighted by atomic mass is 10.1. The number of halogens is 2. The Hall–Kier alpha value is -1.68. The highest BCUT2D eigenvalue weighted by Crippen LogP contribution is 2.26. The number of aryl methyl sites for hydroxylation is 2. The van der Waals surface area contributed by atoms with Gasteiger partial charge in [0.1, 0.15) is 5.82 Å². The van der Waals surface area contributed by atoms with Gasteiger partial charge in [-0.15, -0.1) is 0 Å². The number of carbonyl (C=O) groups is 1. The van der Waals surface area contributed by atoms with E-state index in [1.54, 1.807) is 0 Å². The van der Waals surface area contributed by atoms with Crippen LogP contribution in [-0.4, -0.2) is 5.91 Å². The number of benzene rings is 2. The molecule has 0 saturated carbocycles. The molecule has 0 saturated heterocycles. The van der Waals surface area contributed by atoms with Crippen molar-refractivity contribution in [3.8, 4) is 0 Å². The summed E-state index contributed by atoms with van der Waals surface area (Å²) in [6.45, 7) is 3.99. The molecule has 1 amide bonds. The van der Waals surface area contributed by atoms with Gasteiger partial charge in [0.15, 0.2) is 0 Å². The minimum Gasteiger partial charge on any atom is -0.321 e. The summed E-state index contributed by atoms with van der Waals surface area (Å²) in [4.78, 5) is 12.2. The molecule has 0 radical (unpaired) electrons. The number of hydrogen-bond donors (Lipinski definition) is 1. The summed E-state index contributed by atoms with van der Waals surface area (Å²) in [5.41, 5.74) is 3.32. The Morgan fingerprint density at radius 2 is 1.90 bits per heavy atom. The molecule has 0 spiro atoms. The van der Waals surface area contributed by atoms with Gasteiger partial charge >= 0.3 is 0 Å². The number of rotatable bonds is 3. The highest BCUT2D eigenvalue weighted by molar-refractivity contribution is 9.10. The molecule has 0 heterocycles. The van der Waals surface area contributed by atoms with Crippen LogP contribution in [0, 0.1) is 12.7 Å². The molecule has 2 aromatic rings. The van der Waals surface area contributed by atoms with Crippen LogP contribution in [0.2, 0.25) is 0 Å². The predicted octanol–water partition coefficient (Wildman–Crippen LogP) is 4.71. The number of nitrogens with one attached hydrogen (secondary N) is 1. The largest absolute Gasteiger partial charge is 0.321 e. The third-order valence-electron chi connectivity index (χ3n) is 3.11. The van der Waals surface area contributed by atoms with Crippen LogP contribution in [0.3, 0.4) is 0 Å². The van der Waals surface area contributed by atoms with Crippen LogP contribution in [-0.2, 0) is 6.42 Å². The van der Waals surface area contributed by atoms with Crippen molar-refractivity contribution < 1.29 is 9.18 Å². The second kappa shape index (κ2) is 6.18. The van der Waals surface area contributed by atoms with E-state index in [0.29, 0.717) is 5.56 Å². The molecular weight excluding hydrogens is 321 g/mol. The lowest BCUT2D eigenvalue weighted by Gasteiger charge is -2.14. The third kappa shape index (κ3) is 3.25. The second-order valence-corrected chi connectivity index (χ2v) is 5.49. The fourth-order valence-electron chi connectivity index (χ4n) is 2.06. The van der Waals surface area contributed by atoms with Crippen molar-refractivity contribution in [1.82, 2.24) is 0 Å². The van der Waals surface area contributed by atoms with E-state index in [-0.39, 0.29) is 11.7 Å². The van der Waals surface area contributed by atoms with Crippen LogP contribution in [0.25, 0.3) is 0 Å². The lowest BCUT2D eigenvalue weighted by molar-refractivity contribution is 0.102. The molecule has 0 aliphatic heterocycles. The van der Waals surface area contributed by atoms with E-state index in [9.17, 15) is 9.18 Å². The Labute approximate surface area is 126 Å². The molecule has 0 aliphatic carbocycles. The summed E-state index contributed by atoms with van der Waals surface area (Å²) in [5.74, 6) is -0.583. The first kappa shape index (κ1) is 14.7. The van der Waals surface area contributed by atoms with Crippen molar-refractivity contribution in [2.24, 2.45) is 0 Å². The molecule has 0 fully saturated rings. The Morgan fingerprint density at radius 1 is 1.25 bits per heavy atom. The molecule has 0 aliphatic rings. The Balaban J connectivity index is 2.30. The van der Waals surface area contributed by atoms with Gasteiger partial charge in [-0.25, -0.2) is 4.39 Å². The zero-order valence-corrected chi connectivity index (χ0v) is 12.9. The molecule has 1 N–H and O–H groups in total. The van der Waals surface area contributed by atoms with Gasteiger partial charge in [0.2, 0.25) is 0 Å². The Bertz CT molecular complexity index is 638. The maximum atomic E-state index is 12.9. The smallest absolute Gasteiger partial charge is 0.255 e. The first-order valence-corrected chi connectivity index (χ1v) is 7.16. The van der Waals surface area contributed by atoms with E-state index in [1.807, 2.05) is 26.0 Å². The molecule has 0 atom stereocenters. The van der Waals surface area contributed by atoms with Crippen molar-refractivity contribution in [2.75, 3.05) is 5.32 Å². The lowest BCUT2D eigenvalue weighted by Crippen LogP contribution is -2.14. The van der Waals surface area contributed by atoms with E-state index in [2.05, 4.69) is 21.2 Å². The fourth-order valence-corrected chi connectivity index (χ4v) is 2.68. The molecule has 20 heavy (non-hydrogen) atoms. The summed E-state index contributed by atoms with van der Waals surface area (Å²) >= 11 is 3.45. The van der Waals surface area contributed by atoms with E-state index in [1.165, 1.54) is 24.3 Å². The average Bonchev–Trinajstić information content (AvgIpc) is 2.42. The van der Waals surface area contributed by atoms with Crippen molar-refractivity contribution in [1.29, 1.82) is 0 Å². The number of amides is 1. The van der Waals surface area contributed by atoms with Gasteiger partial charge < -0.3 is 5.32 Å². The molecule has 0 unspecified atom stereocenters. The van der Waals surface area contributed by atoms with E-state index < -0.39 is 0 Å². The van der Waals surface area contributed by atoms with Gasteiger partial charge in [0, 0.05) is 15.7 Å². The zero-order valence-electron chi connectivity index (χ0n) is 11.3. The summed E-state index contributed by atoms with van der Waals surface area (Å²) < 4.78 is 13.9. The monoisotopic (exact) mass is 335 g/mol. The van der Waals surface area contributed by atoms with Crippen LogP contribution in [0.5, 0.6) is 0 Å². The molecule has 0 aromatic heterocycles. The molecule has 2 nitrogen and oxygen atoms in total. The standard InChI is InChI=1S/C16H15BrFNO/c1-3-11-9-13(17)8-10(2)15(11)19-16(20)12-4-6-14(18)7-5-12/h4-9H,3H2,1-2H3,(H,19,20). The maximum absolute atomic E-state index is 12.9. The average molecular weight is 336 g/mol. The topological polar surface area (TPSA) is 29.1 Å². The van der Waals surface area contributed by atoms with E-state index in [4.69, 9.17) is 0 Å². The summed E-state index contributed by atoms with van der Waals surface area (Å²) in [5, 5.41) is 2.91. The summed E-state index contributed by atoms with van der Waals surface area (Å²) in [7, 11) is 0. The quantitative estimate of drug-likeness (QED) is 0.864. The Kier molecular flexibility index (Phi) is 4.55. The summed E-state index contributed by atoms with van der Waals surface area (Å²) in [6.07, 6.45) is 0.819. The first-order chi connectivity index (χ1) is 9.51. The minimum absolute atomic E-state index is 0.231. The van der Waals surface area contributed by atoms with Crippen LogP contribution in [0.1, 0.15) is 28.4 Å². The van der Waals surface area contributed by atoms with E-state index >= 15 is 0 Å². The number of carbonyl (C=O) groups excluding carboxylic acids is 1. The summed E-state index contributed by atoms with van der Waals surface area (Å²) in [6, 6.07) is 9.47. The van der Waals surface area contributed by atoms with Crippen molar-refractivity contribution in [3.63, 3.8) is 0 Å². The van der Waals surface area contributed by atoms with Gasteiger partial charge in [-0.1, -0.05) is 22.9 Å². The number of hydrogen-bond acceptors (Lipinski definition) is 1. The van der Waals surface area contributed by atoms with E-state index in [0.717, 1.165) is 27.7 Å². The highest BCUT2D eigenvalue weighted by atomic mass is 79.9. The van der Waals surface area contributed by atoms with Gasteiger partial charge in [0.05, 0.1) is 0 Å². The van der Waals surface area contributed by atoms with Crippen LogP contribution in [0.4, 0.5) is 10.1 Å². The van der Waals surface area contributed by atoms with Crippen LogP contribution in [0.15, 0.2) is 40.9 Å². The maximum Gasteiger partial charge on any atom is 0.255 e. The van der Waals surface area contributed by atoms with Crippen LogP contribution >= 0.6 is 15.9 Å². The molecule has 104 valence electrons. The van der Waals surface area contributed by atoms with Crippen molar-refractivity contribution >= 4 is 27.5 Å². The highest BCUT2D eigenvalue weighted by Gasteiger charge is 2.11. The molecule has 2 aromatic carbocycles. The van der Waals surface area contributed by atoms with Crippen LogP contribution < -0.4 is 5.32 Å². The normalized spacial score (nSPS) is 10.4. The third-order valence-corrected chi connectivity index (χ3v) is 3.57. The van der Waals surface area contributed by atoms with Crippen molar-refractivity contribution in [2.45, 2.75) is 20.3 Å². The first-order valence-electron chi connectivity index (χ1n) is 6.37. The van der Waals surface area contributed by atoms with Gasteiger partial charge in [0.25, 0.3) is 5.91 Å². The molecule has 0 bridgehead atoms. The Morgan fingerprint density at radius 3 is 2.50 bits per heavy atom. The minimum atomic E-state index is -0.351. The SMILES string of the molecule is CCc1cc(Br)cc(C)c1NC(=O)c1ccc(F)cc1. The fraction of sp³-hybridized carbons (Fsp3) is 0.188. The second-order valence-electron chi connectivity index (χ2n) is 4.57. The number of anilines is 1. The van der Waals surface area contributed by atoms with Gasteiger partial charge in [-0.2, -0.15) is 0 Å².